The smallest absolute Gasteiger partial charge is 0.166 e. The van der Waals surface area contributed by atoms with Gasteiger partial charge in [-0.2, -0.15) is 0 Å². The highest BCUT2D eigenvalue weighted by atomic mass is 79.9. The summed E-state index contributed by atoms with van der Waals surface area (Å²) in [6, 6.07) is 13.4. The average molecular weight is 351 g/mol. The van der Waals surface area contributed by atoms with Crippen molar-refractivity contribution in [1.29, 1.82) is 0 Å². The van der Waals surface area contributed by atoms with Gasteiger partial charge in [-0.25, -0.2) is 0 Å². The standard InChI is InChI=1S/C16H19BrN2O2/c1-20-15-8-12(17)7-13(14(19)9-18)16(15)21-10-11-5-3-2-4-6-11/h2-8,14H,9-10,18-19H2,1H3. The third kappa shape index (κ3) is 3.97. The molecule has 0 aliphatic carbocycles. The Labute approximate surface area is 133 Å². The van der Waals surface area contributed by atoms with Crippen LogP contribution in [0.2, 0.25) is 0 Å². The second-order valence-electron chi connectivity index (χ2n) is 4.64. The van der Waals surface area contributed by atoms with Gasteiger partial charge in [0.15, 0.2) is 11.5 Å². The molecular formula is C16H19BrN2O2. The maximum absolute atomic E-state index is 6.08. The van der Waals surface area contributed by atoms with E-state index in [1.807, 2.05) is 42.5 Å². The van der Waals surface area contributed by atoms with E-state index in [-0.39, 0.29) is 6.04 Å². The molecule has 0 aromatic heterocycles. The third-order valence-corrected chi connectivity index (χ3v) is 3.61. The molecule has 4 nitrogen and oxygen atoms in total. The SMILES string of the molecule is COc1cc(Br)cc(C(N)CN)c1OCc1ccccc1. The largest absolute Gasteiger partial charge is 0.493 e. The van der Waals surface area contributed by atoms with E-state index in [1.165, 1.54) is 0 Å². The Morgan fingerprint density at radius 1 is 1.19 bits per heavy atom. The Balaban J connectivity index is 2.31. The molecule has 0 aliphatic heterocycles. The van der Waals surface area contributed by atoms with Crippen molar-refractivity contribution in [3.05, 3.63) is 58.1 Å². The number of rotatable bonds is 6. The summed E-state index contributed by atoms with van der Waals surface area (Å²) in [6.45, 7) is 0.782. The van der Waals surface area contributed by atoms with E-state index in [9.17, 15) is 0 Å². The molecule has 0 spiro atoms. The molecule has 0 saturated carbocycles. The summed E-state index contributed by atoms with van der Waals surface area (Å²) in [5, 5.41) is 0. The molecule has 4 N–H and O–H groups in total. The van der Waals surface area contributed by atoms with Gasteiger partial charge < -0.3 is 20.9 Å². The quantitative estimate of drug-likeness (QED) is 0.839. The molecule has 2 rings (SSSR count). The zero-order valence-electron chi connectivity index (χ0n) is 11.9. The van der Waals surface area contributed by atoms with Crippen LogP contribution in [0.1, 0.15) is 17.2 Å². The van der Waals surface area contributed by atoms with Gasteiger partial charge in [0.1, 0.15) is 6.61 Å². The topological polar surface area (TPSA) is 70.5 Å². The van der Waals surface area contributed by atoms with Crippen LogP contribution in [-0.2, 0) is 6.61 Å². The van der Waals surface area contributed by atoms with Crippen molar-refractivity contribution in [3.8, 4) is 11.5 Å². The van der Waals surface area contributed by atoms with Crippen LogP contribution >= 0.6 is 15.9 Å². The molecule has 112 valence electrons. The van der Waals surface area contributed by atoms with Crippen LogP contribution in [0.3, 0.4) is 0 Å². The molecule has 0 radical (unpaired) electrons. The van der Waals surface area contributed by atoms with Gasteiger partial charge in [-0.1, -0.05) is 46.3 Å². The van der Waals surface area contributed by atoms with Crippen molar-refractivity contribution in [2.45, 2.75) is 12.6 Å². The van der Waals surface area contributed by atoms with Crippen LogP contribution in [0.4, 0.5) is 0 Å². The predicted octanol–water partition coefficient (Wildman–Crippen LogP) is 3.00. The van der Waals surface area contributed by atoms with Crippen molar-refractivity contribution < 1.29 is 9.47 Å². The highest BCUT2D eigenvalue weighted by molar-refractivity contribution is 9.10. The minimum absolute atomic E-state index is 0.304. The second kappa shape index (κ2) is 7.45. The van der Waals surface area contributed by atoms with Crippen molar-refractivity contribution in [2.24, 2.45) is 11.5 Å². The lowest BCUT2D eigenvalue weighted by molar-refractivity contribution is 0.279. The molecule has 0 amide bonds. The molecule has 0 fully saturated rings. The third-order valence-electron chi connectivity index (χ3n) is 3.15. The minimum Gasteiger partial charge on any atom is -0.493 e. The van der Waals surface area contributed by atoms with Crippen molar-refractivity contribution in [3.63, 3.8) is 0 Å². The van der Waals surface area contributed by atoms with Crippen molar-refractivity contribution >= 4 is 15.9 Å². The Hall–Kier alpha value is -1.56. The molecule has 2 aromatic rings. The Kier molecular flexibility index (Phi) is 5.61. The van der Waals surface area contributed by atoms with Crippen LogP contribution in [0.25, 0.3) is 0 Å². The number of nitrogens with two attached hydrogens (primary N) is 2. The normalized spacial score (nSPS) is 12.0. The van der Waals surface area contributed by atoms with E-state index < -0.39 is 0 Å². The first-order chi connectivity index (χ1) is 10.2. The van der Waals surface area contributed by atoms with Gasteiger partial charge in [-0.3, -0.25) is 0 Å². The van der Waals surface area contributed by atoms with Gasteiger partial charge in [-0.05, 0) is 17.7 Å². The molecular weight excluding hydrogens is 332 g/mol. The van der Waals surface area contributed by atoms with Crippen LogP contribution in [0.5, 0.6) is 11.5 Å². The van der Waals surface area contributed by atoms with E-state index >= 15 is 0 Å². The van der Waals surface area contributed by atoms with Gasteiger partial charge in [0.05, 0.1) is 7.11 Å². The molecule has 1 unspecified atom stereocenters. The lowest BCUT2D eigenvalue weighted by Crippen LogP contribution is -2.21. The lowest BCUT2D eigenvalue weighted by atomic mass is 10.1. The summed E-state index contributed by atoms with van der Waals surface area (Å²) >= 11 is 3.45. The molecule has 5 heteroatoms. The van der Waals surface area contributed by atoms with E-state index in [1.54, 1.807) is 7.11 Å². The van der Waals surface area contributed by atoms with Crippen molar-refractivity contribution in [2.75, 3.05) is 13.7 Å². The number of hydrogen-bond acceptors (Lipinski definition) is 4. The highest BCUT2D eigenvalue weighted by Crippen LogP contribution is 2.37. The molecule has 0 saturated heterocycles. The fourth-order valence-electron chi connectivity index (χ4n) is 2.03. The first kappa shape index (κ1) is 15.8. The van der Waals surface area contributed by atoms with E-state index in [0.29, 0.717) is 24.7 Å². The van der Waals surface area contributed by atoms with Gasteiger partial charge in [-0.15, -0.1) is 0 Å². The first-order valence-corrected chi connectivity index (χ1v) is 7.44. The fourth-order valence-corrected chi connectivity index (χ4v) is 2.48. The fraction of sp³-hybridized carbons (Fsp3) is 0.250. The molecule has 21 heavy (non-hydrogen) atoms. The second-order valence-corrected chi connectivity index (χ2v) is 5.56. The Bertz CT molecular complexity index is 590. The summed E-state index contributed by atoms with van der Waals surface area (Å²) in [6.07, 6.45) is 0. The zero-order chi connectivity index (χ0) is 15.2. The highest BCUT2D eigenvalue weighted by Gasteiger charge is 2.17. The number of ether oxygens (including phenoxy) is 2. The van der Waals surface area contributed by atoms with Crippen LogP contribution in [-0.4, -0.2) is 13.7 Å². The molecule has 0 heterocycles. The number of halogens is 1. The van der Waals surface area contributed by atoms with E-state index in [0.717, 1.165) is 15.6 Å². The molecule has 1 atom stereocenters. The molecule has 0 aliphatic rings. The number of hydrogen-bond donors (Lipinski definition) is 2. The summed E-state index contributed by atoms with van der Waals surface area (Å²) in [5.41, 5.74) is 13.7. The van der Waals surface area contributed by atoms with Crippen LogP contribution in [0.15, 0.2) is 46.9 Å². The van der Waals surface area contributed by atoms with Gasteiger partial charge in [0.2, 0.25) is 0 Å². The van der Waals surface area contributed by atoms with Gasteiger partial charge in [0, 0.05) is 22.6 Å². The average Bonchev–Trinajstić information content (AvgIpc) is 2.53. The summed E-state index contributed by atoms with van der Waals surface area (Å²) in [5.74, 6) is 1.28. The summed E-state index contributed by atoms with van der Waals surface area (Å²) in [7, 11) is 1.61. The lowest BCUT2D eigenvalue weighted by Gasteiger charge is -2.19. The Morgan fingerprint density at radius 2 is 1.90 bits per heavy atom. The monoisotopic (exact) mass is 350 g/mol. The number of benzene rings is 2. The maximum atomic E-state index is 6.08. The molecule has 0 bridgehead atoms. The number of methoxy groups -OCH3 is 1. The van der Waals surface area contributed by atoms with E-state index in [4.69, 9.17) is 20.9 Å². The first-order valence-electron chi connectivity index (χ1n) is 6.65. The van der Waals surface area contributed by atoms with Crippen molar-refractivity contribution in [1.82, 2.24) is 0 Å². The van der Waals surface area contributed by atoms with Gasteiger partial charge in [0.25, 0.3) is 0 Å². The molecule has 2 aromatic carbocycles. The maximum Gasteiger partial charge on any atom is 0.166 e. The Morgan fingerprint density at radius 3 is 2.52 bits per heavy atom. The zero-order valence-corrected chi connectivity index (χ0v) is 13.5. The summed E-state index contributed by atoms with van der Waals surface area (Å²) < 4.78 is 12.2. The summed E-state index contributed by atoms with van der Waals surface area (Å²) in [4.78, 5) is 0. The van der Waals surface area contributed by atoms with Crippen LogP contribution < -0.4 is 20.9 Å². The van der Waals surface area contributed by atoms with Gasteiger partial charge >= 0.3 is 0 Å². The minimum atomic E-state index is -0.304. The predicted molar refractivity (Wildman–Crippen MR) is 87.5 cm³/mol. The van der Waals surface area contributed by atoms with Crippen LogP contribution in [0, 0.1) is 0 Å². The van der Waals surface area contributed by atoms with E-state index in [2.05, 4.69) is 15.9 Å².